The zero-order valence-electron chi connectivity index (χ0n) is 11.7. The highest BCUT2D eigenvalue weighted by atomic mass is 35.5. The fourth-order valence-electron chi connectivity index (χ4n) is 1.44. The van der Waals surface area contributed by atoms with Crippen molar-refractivity contribution in [1.29, 1.82) is 0 Å². The second-order valence-electron chi connectivity index (χ2n) is 3.89. The highest BCUT2D eigenvalue weighted by Crippen LogP contribution is 2.19. The third-order valence-electron chi connectivity index (χ3n) is 2.37. The lowest BCUT2D eigenvalue weighted by Crippen LogP contribution is -2.32. The summed E-state index contributed by atoms with van der Waals surface area (Å²) < 4.78 is 9.54. The Morgan fingerprint density at radius 2 is 1.86 bits per heavy atom. The molecule has 0 bridgehead atoms. The van der Waals surface area contributed by atoms with E-state index < -0.39 is 18.0 Å². The predicted molar refractivity (Wildman–Crippen MR) is 77.8 cm³/mol. The Hall–Kier alpha value is -2.08. The van der Waals surface area contributed by atoms with Crippen LogP contribution in [0.2, 0.25) is 5.02 Å². The number of phenolic OH excluding ortho intramolecular Hbond substituents is 1. The molecule has 1 aromatic carbocycles. The number of hydrogen-bond donors (Lipinski definition) is 1. The molecule has 0 heterocycles. The normalized spacial score (nSPS) is 10.9. The second kappa shape index (κ2) is 8.26. The smallest absolute Gasteiger partial charge is 0.342 e. The Morgan fingerprint density at radius 3 is 2.38 bits per heavy atom. The number of carbonyl (C=O) groups is 2. The molecule has 0 saturated carbocycles. The molecule has 0 spiro atoms. The molecule has 7 heteroatoms. The van der Waals surface area contributed by atoms with Gasteiger partial charge >= 0.3 is 11.9 Å². The van der Waals surface area contributed by atoms with Crippen molar-refractivity contribution in [3.8, 4) is 5.75 Å². The van der Waals surface area contributed by atoms with Crippen molar-refractivity contribution >= 4 is 29.8 Å². The molecule has 6 nitrogen and oxygen atoms in total. The number of rotatable bonds is 6. The number of hydrogen-bond acceptors (Lipinski definition) is 6. The molecule has 1 aromatic rings. The van der Waals surface area contributed by atoms with Crippen LogP contribution in [0.25, 0.3) is 0 Å². The van der Waals surface area contributed by atoms with Crippen LogP contribution in [0, 0.1) is 0 Å². The van der Waals surface area contributed by atoms with E-state index in [1.54, 1.807) is 13.8 Å². The molecular formula is C14H16ClNO5. The van der Waals surface area contributed by atoms with Gasteiger partial charge in [0.2, 0.25) is 6.04 Å². The van der Waals surface area contributed by atoms with Crippen molar-refractivity contribution in [2.45, 2.75) is 19.9 Å². The van der Waals surface area contributed by atoms with Gasteiger partial charge in [0.05, 0.1) is 13.2 Å². The maximum Gasteiger partial charge on any atom is 0.342 e. The number of esters is 2. The first-order chi connectivity index (χ1) is 9.99. The first-order valence-electron chi connectivity index (χ1n) is 6.34. The molecule has 21 heavy (non-hydrogen) atoms. The molecule has 0 atom stereocenters. The number of phenols is 1. The van der Waals surface area contributed by atoms with Crippen LogP contribution in [-0.4, -0.2) is 42.5 Å². The van der Waals surface area contributed by atoms with Crippen LogP contribution in [0.3, 0.4) is 0 Å². The van der Waals surface area contributed by atoms with Gasteiger partial charge in [-0.25, -0.2) is 9.59 Å². The maximum absolute atomic E-state index is 11.7. The average molecular weight is 314 g/mol. The molecule has 114 valence electrons. The molecule has 0 aromatic heterocycles. The lowest BCUT2D eigenvalue weighted by molar-refractivity contribution is -0.156. The van der Waals surface area contributed by atoms with E-state index in [1.807, 2.05) is 0 Å². The van der Waals surface area contributed by atoms with E-state index in [9.17, 15) is 14.7 Å². The molecule has 1 N–H and O–H groups in total. The second-order valence-corrected chi connectivity index (χ2v) is 4.32. The first kappa shape index (κ1) is 17.0. The van der Waals surface area contributed by atoms with Crippen LogP contribution in [0.4, 0.5) is 0 Å². The highest BCUT2D eigenvalue weighted by molar-refractivity contribution is 6.30. The minimum absolute atomic E-state index is 0.0744. The fourth-order valence-corrected chi connectivity index (χ4v) is 1.62. The molecule has 0 fully saturated rings. The van der Waals surface area contributed by atoms with Crippen LogP contribution < -0.4 is 0 Å². The molecule has 0 radical (unpaired) electrons. The quantitative estimate of drug-likeness (QED) is 0.493. The predicted octanol–water partition coefficient (Wildman–Crippen LogP) is 1.96. The summed E-state index contributed by atoms with van der Waals surface area (Å²) in [7, 11) is 0. The van der Waals surface area contributed by atoms with Gasteiger partial charge in [-0.2, -0.15) is 0 Å². The van der Waals surface area contributed by atoms with E-state index >= 15 is 0 Å². The number of ether oxygens (including phenoxy) is 2. The minimum Gasteiger partial charge on any atom is -0.507 e. The molecule has 0 aliphatic carbocycles. The largest absolute Gasteiger partial charge is 0.507 e. The van der Waals surface area contributed by atoms with Crippen molar-refractivity contribution in [2.75, 3.05) is 13.2 Å². The van der Waals surface area contributed by atoms with Gasteiger partial charge in [-0.15, -0.1) is 0 Å². The first-order valence-corrected chi connectivity index (χ1v) is 6.72. The number of halogens is 1. The van der Waals surface area contributed by atoms with Gasteiger partial charge < -0.3 is 14.6 Å². The monoisotopic (exact) mass is 313 g/mol. The SMILES string of the molecule is CCOC(=O)C(N=Cc1cc(Cl)ccc1O)C(=O)OCC. The van der Waals surface area contributed by atoms with Crippen LogP contribution >= 0.6 is 11.6 Å². The molecule has 1 rings (SSSR count). The van der Waals surface area contributed by atoms with E-state index in [1.165, 1.54) is 24.4 Å². The Kier molecular flexibility index (Phi) is 6.68. The van der Waals surface area contributed by atoms with Gasteiger partial charge in [0, 0.05) is 16.8 Å². The van der Waals surface area contributed by atoms with Gasteiger partial charge in [-0.05, 0) is 32.0 Å². The Labute approximate surface area is 127 Å². The number of aliphatic imine (C=N–C) groups is 1. The summed E-state index contributed by atoms with van der Waals surface area (Å²) in [4.78, 5) is 27.3. The van der Waals surface area contributed by atoms with Crippen LogP contribution in [0.5, 0.6) is 5.75 Å². The average Bonchev–Trinajstić information content (AvgIpc) is 2.43. The Morgan fingerprint density at radius 1 is 1.29 bits per heavy atom. The number of aromatic hydroxyl groups is 1. The molecule has 0 aliphatic rings. The lowest BCUT2D eigenvalue weighted by atomic mass is 10.2. The van der Waals surface area contributed by atoms with Crippen LogP contribution in [-0.2, 0) is 19.1 Å². The molecule has 0 amide bonds. The maximum atomic E-state index is 11.7. The summed E-state index contributed by atoms with van der Waals surface area (Å²) in [6.45, 7) is 3.47. The van der Waals surface area contributed by atoms with Crippen molar-refractivity contribution in [1.82, 2.24) is 0 Å². The topological polar surface area (TPSA) is 85.2 Å². The van der Waals surface area contributed by atoms with E-state index in [4.69, 9.17) is 21.1 Å². The van der Waals surface area contributed by atoms with Crippen molar-refractivity contribution in [3.63, 3.8) is 0 Å². The molecule has 0 unspecified atom stereocenters. The number of benzene rings is 1. The fraction of sp³-hybridized carbons (Fsp3) is 0.357. The zero-order chi connectivity index (χ0) is 15.8. The van der Waals surface area contributed by atoms with E-state index in [0.717, 1.165) is 0 Å². The van der Waals surface area contributed by atoms with Crippen molar-refractivity contribution < 1.29 is 24.2 Å². The Balaban J connectivity index is 2.99. The summed E-state index contributed by atoms with van der Waals surface area (Å²) in [5.74, 6) is -1.70. The lowest BCUT2D eigenvalue weighted by Gasteiger charge is -2.10. The van der Waals surface area contributed by atoms with Gasteiger partial charge in [-0.3, -0.25) is 4.99 Å². The van der Waals surface area contributed by atoms with Gasteiger partial charge in [-0.1, -0.05) is 11.6 Å². The van der Waals surface area contributed by atoms with Crippen molar-refractivity contribution in [3.05, 3.63) is 28.8 Å². The van der Waals surface area contributed by atoms with E-state index in [-0.39, 0.29) is 24.5 Å². The van der Waals surface area contributed by atoms with Crippen LogP contribution in [0.15, 0.2) is 23.2 Å². The summed E-state index contributed by atoms with van der Waals surface area (Å²) in [5, 5.41) is 10.0. The minimum atomic E-state index is -1.43. The third-order valence-corrected chi connectivity index (χ3v) is 2.61. The van der Waals surface area contributed by atoms with Gasteiger partial charge in [0.1, 0.15) is 5.75 Å². The van der Waals surface area contributed by atoms with Crippen LogP contribution in [0.1, 0.15) is 19.4 Å². The Bertz CT molecular complexity index is 526. The van der Waals surface area contributed by atoms with Gasteiger partial charge in [0.15, 0.2) is 0 Å². The van der Waals surface area contributed by atoms with Gasteiger partial charge in [0.25, 0.3) is 0 Å². The number of nitrogens with zero attached hydrogens (tertiary/aromatic N) is 1. The third kappa shape index (κ3) is 5.07. The summed E-state index contributed by atoms with van der Waals surface area (Å²) >= 11 is 5.80. The molecular weight excluding hydrogens is 298 g/mol. The summed E-state index contributed by atoms with van der Waals surface area (Å²) in [6, 6.07) is 2.91. The van der Waals surface area contributed by atoms with E-state index in [0.29, 0.717) is 5.02 Å². The molecule has 0 aliphatic heterocycles. The summed E-state index contributed by atoms with van der Waals surface area (Å²) in [5.41, 5.74) is 0.279. The standard InChI is InChI=1S/C14H16ClNO5/c1-3-20-13(18)12(14(19)21-4-2)16-8-9-7-10(15)5-6-11(9)17/h5-8,12,17H,3-4H2,1-2H3. The zero-order valence-corrected chi connectivity index (χ0v) is 12.5. The highest BCUT2D eigenvalue weighted by Gasteiger charge is 2.28. The van der Waals surface area contributed by atoms with E-state index in [2.05, 4.69) is 4.99 Å². The number of carbonyl (C=O) groups excluding carboxylic acids is 2. The summed E-state index contributed by atoms with van der Waals surface area (Å²) in [6.07, 6.45) is 1.18. The van der Waals surface area contributed by atoms with Crippen molar-refractivity contribution in [2.24, 2.45) is 4.99 Å². The molecule has 0 saturated heterocycles.